The SMILES string of the molecule is CC(C)N1C[C@H](C(c2ccccc2)c2ccccc2)NCC1=O.Cl. The fourth-order valence-electron chi connectivity index (χ4n) is 3.40. The molecule has 1 N–H and O–H groups in total. The van der Waals surface area contributed by atoms with Crippen molar-refractivity contribution in [1.29, 1.82) is 0 Å². The van der Waals surface area contributed by atoms with E-state index in [2.05, 4.69) is 67.7 Å². The molecule has 1 saturated heterocycles. The van der Waals surface area contributed by atoms with E-state index in [-0.39, 0.29) is 36.3 Å². The second kappa shape index (κ2) is 8.32. The third kappa shape index (κ3) is 3.97. The maximum absolute atomic E-state index is 12.1. The van der Waals surface area contributed by atoms with Gasteiger partial charge in [-0.3, -0.25) is 4.79 Å². The van der Waals surface area contributed by atoms with Gasteiger partial charge in [0, 0.05) is 24.5 Å². The van der Waals surface area contributed by atoms with Crippen LogP contribution in [0.25, 0.3) is 0 Å². The molecule has 1 amide bonds. The molecule has 0 saturated carbocycles. The molecule has 4 heteroatoms. The molecule has 0 unspecified atom stereocenters. The Morgan fingerprint density at radius 3 is 1.92 bits per heavy atom. The van der Waals surface area contributed by atoms with E-state index in [0.717, 1.165) is 6.54 Å². The molecule has 1 atom stereocenters. The zero-order valence-corrected chi connectivity index (χ0v) is 15.0. The Kier molecular flexibility index (Phi) is 6.41. The van der Waals surface area contributed by atoms with Crippen molar-refractivity contribution in [2.45, 2.75) is 31.8 Å². The van der Waals surface area contributed by atoms with Gasteiger partial charge in [0.15, 0.2) is 0 Å². The van der Waals surface area contributed by atoms with Crippen molar-refractivity contribution < 1.29 is 4.79 Å². The van der Waals surface area contributed by atoms with Crippen molar-refractivity contribution >= 4 is 18.3 Å². The lowest BCUT2D eigenvalue weighted by molar-refractivity contribution is -0.134. The molecule has 2 aromatic rings. The van der Waals surface area contributed by atoms with Gasteiger partial charge < -0.3 is 10.2 Å². The van der Waals surface area contributed by atoms with Gasteiger partial charge >= 0.3 is 0 Å². The van der Waals surface area contributed by atoms with Crippen LogP contribution in [0.4, 0.5) is 0 Å². The third-order valence-corrected chi connectivity index (χ3v) is 4.57. The molecule has 0 aromatic heterocycles. The van der Waals surface area contributed by atoms with Crippen LogP contribution in [0.1, 0.15) is 30.9 Å². The van der Waals surface area contributed by atoms with Crippen molar-refractivity contribution in [3.63, 3.8) is 0 Å². The average Bonchev–Trinajstić information content (AvgIpc) is 2.58. The van der Waals surface area contributed by atoms with Gasteiger partial charge in [-0.15, -0.1) is 12.4 Å². The average molecular weight is 345 g/mol. The summed E-state index contributed by atoms with van der Waals surface area (Å²) in [7, 11) is 0. The number of nitrogens with zero attached hydrogens (tertiary/aromatic N) is 1. The lowest BCUT2D eigenvalue weighted by atomic mass is 9.84. The lowest BCUT2D eigenvalue weighted by Gasteiger charge is -2.40. The number of piperazine rings is 1. The highest BCUT2D eigenvalue weighted by atomic mass is 35.5. The molecular weight excluding hydrogens is 320 g/mol. The van der Waals surface area contributed by atoms with Crippen molar-refractivity contribution in [3.8, 4) is 0 Å². The number of hydrogen-bond acceptors (Lipinski definition) is 2. The largest absolute Gasteiger partial charge is 0.338 e. The molecule has 1 fully saturated rings. The summed E-state index contributed by atoms with van der Waals surface area (Å²) >= 11 is 0. The van der Waals surface area contributed by atoms with Crippen molar-refractivity contribution in [1.82, 2.24) is 10.2 Å². The Morgan fingerprint density at radius 1 is 0.958 bits per heavy atom. The van der Waals surface area contributed by atoms with Gasteiger partial charge in [0.1, 0.15) is 0 Å². The van der Waals surface area contributed by atoms with E-state index in [1.54, 1.807) is 0 Å². The molecule has 0 spiro atoms. The van der Waals surface area contributed by atoms with Gasteiger partial charge in [-0.1, -0.05) is 60.7 Å². The molecule has 3 nitrogen and oxygen atoms in total. The summed E-state index contributed by atoms with van der Waals surface area (Å²) in [5.41, 5.74) is 2.57. The minimum Gasteiger partial charge on any atom is -0.338 e. The van der Waals surface area contributed by atoms with Crippen LogP contribution in [-0.4, -0.2) is 36.0 Å². The zero-order chi connectivity index (χ0) is 16.2. The van der Waals surface area contributed by atoms with E-state index >= 15 is 0 Å². The van der Waals surface area contributed by atoms with Crippen LogP contribution in [0.3, 0.4) is 0 Å². The Morgan fingerprint density at radius 2 is 1.46 bits per heavy atom. The van der Waals surface area contributed by atoms with Gasteiger partial charge in [0.25, 0.3) is 0 Å². The first-order chi connectivity index (χ1) is 11.2. The van der Waals surface area contributed by atoms with E-state index in [1.807, 2.05) is 17.0 Å². The summed E-state index contributed by atoms with van der Waals surface area (Å²) in [6, 6.07) is 21.6. The van der Waals surface area contributed by atoms with E-state index in [1.165, 1.54) is 11.1 Å². The quantitative estimate of drug-likeness (QED) is 0.921. The number of benzene rings is 2. The molecule has 0 bridgehead atoms. The number of halogens is 1. The predicted octanol–water partition coefficient (Wildman–Crippen LogP) is 3.45. The van der Waals surface area contributed by atoms with Crippen LogP contribution in [0.2, 0.25) is 0 Å². The summed E-state index contributed by atoms with van der Waals surface area (Å²) in [5, 5.41) is 3.46. The van der Waals surface area contributed by atoms with Crippen LogP contribution in [-0.2, 0) is 4.79 Å². The molecule has 0 aliphatic carbocycles. The van der Waals surface area contributed by atoms with E-state index in [0.29, 0.717) is 6.54 Å². The van der Waals surface area contributed by atoms with E-state index in [4.69, 9.17) is 0 Å². The number of carbonyl (C=O) groups excluding carboxylic acids is 1. The minimum atomic E-state index is 0. The minimum absolute atomic E-state index is 0. The molecule has 24 heavy (non-hydrogen) atoms. The maximum Gasteiger partial charge on any atom is 0.236 e. The van der Waals surface area contributed by atoms with Gasteiger partial charge in [-0.25, -0.2) is 0 Å². The topological polar surface area (TPSA) is 32.3 Å². The highest BCUT2D eigenvalue weighted by Gasteiger charge is 2.33. The molecule has 3 rings (SSSR count). The van der Waals surface area contributed by atoms with Crippen molar-refractivity contribution in [3.05, 3.63) is 71.8 Å². The number of nitrogens with one attached hydrogen (secondary N) is 1. The summed E-state index contributed by atoms with van der Waals surface area (Å²) in [5.74, 6) is 0.433. The van der Waals surface area contributed by atoms with Gasteiger partial charge in [0.2, 0.25) is 5.91 Å². The fraction of sp³-hybridized carbons (Fsp3) is 0.350. The monoisotopic (exact) mass is 344 g/mol. The molecule has 2 aromatic carbocycles. The molecule has 1 aliphatic heterocycles. The van der Waals surface area contributed by atoms with Crippen LogP contribution in [0.5, 0.6) is 0 Å². The smallest absolute Gasteiger partial charge is 0.236 e. The molecule has 1 aliphatic rings. The lowest BCUT2D eigenvalue weighted by Crippen LogP contribution is -2.58. The predicted molar refractivity (Wildman–Crippen MR) is 101 cm³/mol. The summed E-state index contributed by atoms with van der Waals surface area (Å²) in [6.45, 7) is 5.32. The number of rotatable bonds is 4. The fourth-order valence-corrected chi connectivity index (χ4v) is 3.40. The zero-order valence-electron chi connectivity index (χ0n) is 14.2. The summed E-state index contributed by atoms with van der Waals surface area (Å²) in [6.07, 6.45) is 0. The normalized spacial score (nSPS) is 17.9. The van der Waals surface area contributed by atoms with Crippen LogP contribution >= 0.6 is 12.4 Å². The Hall–Kier alpha value is -1.84. The van der Waals surface area contributed by atoms with Crippen LogP contribution in [0.15, 0.2) is 60.7 Å². The van der Waals surface area contributed by atoms with Crippen molar-refractivity contribution in [2.75, 3.05) is 13.1 Å². The number of amides is 1. The van der Waals surface area contributed by atoms with Crippen molar-refractivity contribution in [2.24, 2.45) is 0 Å². The Labute approximate surface area is 150 Å². The summed E-state index contributed by atoms with van der Waals surface area (Å²) < 4.78 is 0. The van der Waals surface area contributed by atoms with Gasteiger partial charge in [0.05, 0.1) is 6.54 Å². The van der Waals surface area contributed by atoms with E-state index in [9.17, 15) is 4.79 Å². The highest BCUT2D eigenvalue weighted by Crippen LogP contribution is 2.30. The standard InChI is InChI=1S/C20H24N2O.ClH/c1-15(2)22-14-18(21-13-19(22)23)20(16-9-5-3-6-10-16)17-11-7-4-8-12-17;/h3-12,15,18,20-21H,13-14H2,1-2H3;1H/t18-;/m1./s1. The molecular formula is C20H25ClN2O. The van der Waals surface area contributed by atoms with Gasteiger partial charge in [-0.05, 0) is 25.0 Å². The number of hydrogen-bond donors (Lipinski definition) is 1. The van der Waals surface area contributed by atoms with Gasteiger partial charge in [-0.2, -0.15) is 0 Å². The summed E-state index contributed by atoms with van der Waals surface area (Å²) in [4.78, 5) is 14.1. The first kappa shape index (κ1) is 18.5. The van der Waals surface area contributed by atoms with Crippen LogP contribution in [0, 0.1) is 0 Å². The second-order valence-corrected chi connectivity index (χ2v) is 6.43. The maximum atomic E-state index is 12.1. The Bertz CT molecular complexity index is 606. The number of carbonyl (C=O) groups is 1. The van der Waals surface area contributed by atoms with Crippen LogP contribution < -0.4 is 5.32 Å². The first-order valence-electron chi connectivity index (χ1n) is 8.29. The second-order valence-electron chi connectivity index (χ2n) is 6.43. The Balaban J connectivity index is 0.00000208. The molecule has 0 radical (unpaired) electrons. The highest BCUT2D eigenvalue weighted by molar-refractivity contribution is 5.85. The molecule has 128 valence electrons. The first-order valence-corrected chi connectivity index (χ1v) is 8.29. The molecule has 1 heterocycles. The third-order valence-electron chi connectivity index (χ3n) is 4.57. The van der Waals surface area contributed by atoms with E-state index < -0.39 is 0 Å².